The molecule has 0 radical (unpaired) electrons. The van der Waals surface area contributed by atoms with Gasteiger partial charge in [-0.1, -0.05) is 64.5 Å². The minimum Gasteiger partial charge on any atom is -0.357 e. The van der Waals surface area contributed by atoms with Gasteiger partial charge in [0.15, 0.2) is 0 Å². The number of hydrogen-bond donors (Lipinski definition) is 1. The van der Waals surface area contributed by atoms with Crippen molar-refractivity contribution in [2.24, 2.45) is 0 Å². The molecule has 3 rings (SSSR count). The van der Waals surface area contributed by atoms with Gasteiger partial charge in [0, 0.05) is 37.5 Å². The Morgan fingerprint density at radius 3 is 2.10 bits per heavy atom. The number of rotatable bonds is 12. The number of carbonyl (C=O) groups is 2. The summed E-state index contributed by atoms with van der Waals surface area (Å²) in [5.74, 6) is -0.464. The molecule has 0 saturated carbocycles. The number of anilines is 1. The van der Waals surface area contributed by atoms with Gasteiger partial charge >= 0.3 is 0 Å². The van der Waals surface area contributed by atoms with Crippen molar-refractivity contribution in [1.29, 1.82) is 0 Å². The van der Waals surface area contributed by atoms with Crippen LogP contribution in [0.15, 0.2) is 77.3 Å². The Morgan fingerprint density at radius 1 is 0.923 bits per heavy atom. The van der Waals surface area contributed by atoms with E-state index in [1.165, 1.54) is 10.6 Å². The molecule has 9 heteroatoms. The highest BCUT2D eigenvalue weighted by molar-refractivity contribution is 9.10. The van der Waals surface area contributed by atoms with Gasteiger partial charge in [-0.25, -0.2) is 8.42 Å². The van der Waals surface area contributed by atoms with Crippen LogP contribution in [0.25, 0.3) is 0 Å². The Kier molecular flexibility index (Phi) is 10.7. The summed E-state index contributed by atoms with van der Waals surface area (Å²) in [6.45, 7) is 4.26. The molecular formula is C30H36BrN3O4S. The minimum absolute atomic E-state index is 0.0929. The van der Waals surface area contributed by atoms with Gasteiger partial charge in [0.1, 0.15) is 6.04 Å². The first-order valence-corrected chi connectivity index (χ1v) is 15.5. The summed E-state index contributed by atoms with van der Waals surface area (Å²) in [4.78, 5) is 28.4. The van der Waals surface area contributed by atoms with Crippen molar-refractivity contribution in [1.82, 2.24) is 10.2 Å². The first-order valence-electron chi connectivity index (χ1n) is 12.8. The lowest BCUT2D eigenvalue weighted by atomic mass is 10.0. The zero-order chi connectivity index (χ0) is 28.6. The van der Waals surface area contributed by atoms with Gasteiger partial charge in [0.05, 0.1) is 11.9 Å². The number of amides is 2. The third-order valence-corrected chi connectivity index (χ3v) is 8.15. The SMILES string of the molecule is CNC(=O)[C@@H](Cc1ccccc1)N(Cc1ccc(Br)cc1)C(=O)CCCN(c1cc(C)cc(C)c1)S(C)(=O)=O. The fourth-order valence-electron chi connectivity index (χ4n) is 4.61. The number of likely N-dealkylation sites (N-methyl/N-ethyl adjacent to an activating group) is 1. The smallest absolute Gasteiger partial charge is 0.242 e. The normalized spacial score (nSPS) is 12.0. The van der Waals surface area contributed by atoms with Crippen LogP contribution in [0.1, 0.15) is 35.1 Å². The molecule has 1 atom stereocenters. The topological polar surface area (TPSA) is 86.8 Å². The molecule has 0 spiro atoms. The van der Waals surface area contributed by atoms with Crippen LogP contribution in [-0.4, -0.2) is 51.0 Å². The third kappa shape index (κ3) is 8.93. The number of carbonyl (C=O) groups excluding carboxylic acids is 2. The Hall–Kier alpha value is -3.17. The van der Waals surface area contributed by atoms with Crippen LogP contribution >= 0.6 is 15.9 Å². The van der Waals surface area contributed by atoms with Crippen molar-refractivity contribution >= 4 is 43.5 Å². The van der Waals surface area contributed by atoms with E-state index in [9.17, 15) is 18.0 Å². The molecule has 3 aromatic rings. The van der Waals surface area contributed by atoms with Crippen molar-refractivity contribution in [2.75, 3.05) is 24.2 Å². The van der Waals surface area contributed by atoms with Crippen molar-refractivity contribution in [3.63, 3.8) is 0 Å². The van der Waals surface area contributed by atoms with Gasteiger partial charge in [0.25, 0.3) is 0 Å². The van der Waals surface area contributed by atoms with Crippen LogP contribution in [0.2, 0.25) is 0 Å². The summed E-state index contributed by atoms with van der Waals surface area (Å²) >= 11 is 3.44. The minimum atomic E-state index is -3.56. The van der Waals surface area contributed by atoms with E-state index >= 15 is 0 Å². The average molecular weight is 615 g/mol. The van der Waals surface area contributed by atoms with E-state index in [2.05, 4.69) is 21.2 Å². The highest BCUT2D eigenvalue weighted by Crippen LogP contribution is 2.23. The van der Waals surface area contributed by atoms with E-state index in [0.717, 1.165) is 26.7 Å². The number of benzene rings is 3. The molecular weight excluding hydrogens is 578 g/mol. The quantitative estimate of drug-likeness (QED) is 0.311. The molecule has 0 aliphatic heterocycles. The number of hydrogen-bond acceptors (Lipinski definition) is 4. The van der Waals surface area contributed by atoms with Crippen LogP contribution in [0.4, 0.5) is 5.69 Å². The summed E-state index contributed by atoms with van der Waals surface area (Å²) in [7, 11) is -1.99. The van der Waals surface area contributed by atoms with Gasteiger partial charge in [0.2, 0.25) is 21.8 Å². The lowest BCUT2D eigenvalue weighted by Crippen LogP contribution is -2.49. The van der Waals surface area contributed by atoms with Crippen LogP contribution < -0.4 is 9.62 Å². The van der Waals surface area contributed by atoms with E-state index in [1.807, 2.05) is 86.6 Å². The highest BCUT2D eigenvalue weighted by atomic mass is 79.9. The molecule has 39 heavy (non-hydrogen) atoms. The average Bonchev–Trinajstić information content (AvgIpc) is 2.88. The van der Waals surface area contributed by atoms with Crippen molar-refractivity contribution in [3.05, 3.63) is 99.5 Å². The van der Waals surface area contributed by atoms with Gasteiger partial charge in [-0.15, -0.1) is 0 Å². The van der Waals surface area contributed by atoms with E-state index < -0.39 is 16.1 Å². The van der Waals surface area contributed by atoms with Crippen LogP contribution in [-0.2, 0) is 32.6 Å². The fraction of sp³-hybridized carbons (Fsp3) is 0.333. The molecule has 3 aromatic carbocycles. The van der Waals surface area contributed by atoms with E-state index in [4.69, 9.17) is 0 Å². The highest BCUT2D eigenvalue weighted by Gasteiger charge is 2.30. The predicted octanol–water partition coefficient (Wildman–Crippen LogP) is 5.00. The summed E-state index contributed by atoms with van der Waals surface area (Å²) in [6, 6.07) is 22.2. The number of nitrogens with one attached hydrogen (secondary N) is 1. The molecule has 0 saturated heterocycles. The number of sulfonamides is 1. The molecule has 0 unspecified atom stereocenters. The lowest BCUT2D eigenvalue weighted by molar-refractivity contribution is -0.141. The molecule has 1 N–H and O–H groups in total. The van der Waals surface area contributed by atoms with E-state index in [0.29, 0.717) is 18.5 Å². The fourth-order valence-corrected chi connectivity index (χ4v) is 5.82. The predicted molar refractivity (Wildman–Crippen MR) is 160 cm³/mol. The third-order valence-electron chi connectivity index (χ3n) is 6.43. The Bertz CT molecular complexity index is 1360. The van der Waals surface area contributed by atoms with Crippen molar-refractivity contribution in [2.45, 2.75) is 45.7 Å². The van der Waals surface area contributed by atoms with Crippen molar-refractivity contribution in [3.8, 4) is 0 Å². The molecule has 0 aromatic heterocycles. The Labute approximate surface area is 240 Å². The summed E-state index contributed by atoms with van der Waals surface area (Å²) < 4.78 is 27.6. The molecule has 0 aliphatic carbocycles. The van der Waals surface area contributed by atoms with Crippen LogP contribution in [0, 0.1) is 13.8 Å². The molecule has 208 valence electrons. The van der Waals surface area contributed by atoms with Crippen LogP contribution in [0.3, 0.4) is 0 Å². The summed E-state index contributed by atoms with van der Waals surface area (Å²) in [6.07, 6.45) is 1.94. The monoisotopic (exact) mass is 613 g/mol. The molecule has 0 aliphatic rings. The number of halogens is 1. The zero-order valence-corrected chi connectivity index (χ0v) is 25.3. The van der Waals surface area contributed by atoms with Crippen LogP contribution in [0.5, 0.6) is 0 Å². The standard InChI is InChI=1S/C30H36BrN3O4S/c1-22-17-23(2)19-27(18-22)34(39(4,37)38)16-8-11-29(35)33(21-25-12-14-26(31)15-13-25)28(30(36)32-3)20-24-9-6-5-7-10-24/h5-7,9-10,12-15,17-19,28H,8,11,16,20-21H2,1-4H3,(H,32,36)/t28-/m1/s1. The number of aryl methyl sites for hydroxylation is 2. The van der Waals surface area contributed by atoms with Crippen molar-refractivity contribution < 1.29 is 18.0 Å². The summed E-state index contributed by atoms with van der Waals surface area (Å²) in [5.41, 5.74) is 4.34. The first kappa shape index (κ1) is 30.4. The van der Waals surface area contributed by atoms with E-state index in [1.54, 1.807) is 11.9 Å². The number of nitrogens with zero attached hydrogens (tertiary/aromatic N) is 2. The zero-order valence-electron chi connectivity index (χ0n) is 22.9. The maximum Gasteiger partial charge on any atom is 0.242 e. The molecule has 2 amide bonds. The maximum atomic E-state index is 13.7. The van der Waals surface area contributed by atoms with E-state index in [-0.39, 0.29) is 31.3 Å². The molecule has 0 bridgehead atoms. The molecule has 7 nitrogen and oxygen atoms in total. The largest absolute Gasteiger partial charge is 0.357 e. The maximum absolute atomic E-state index is 13.7. The van der Waals surface area contributed by atoms with Gasteiger partial charge in [-0.05, 0) is 66.8 Å². The second kappa shape index (κ2) is 13.8. The Morgan fingerprint density at radius 2 is 1.54 bits per heavy atom. The first-order chi connectivity index (χ1) is 18.5. The van der Waals surface area contributed by atoms with Gasteiger partial charge in [-0.3, -0.25) is 13.9 Å². The molecule has 0 fully saturated rings. The van der Waals surface area contributed by atoms with Gasteiger partial charge < -0.3 is 10.2 Å². The second-order valence-electron chi connectivity index (χ2n) is 9.75. The second-order valence-corrected chi connectivity index (χ2v) is 12.6. The Balaban J connectivity index is 1.85. The lowest BCUT2D eigenvalue weighted by Gasteiger charge is -2.31. The summed E-state index contributed by atoms with van der Waals surface area (Å²) in [5, 5.41) is 2.71. The molecule has 0 heterocycles. The van der Waals surface area contributed by atoms with Gasteiger partial charge in [-0.2, -0.15) is 0 Å².